The number of anilines is 3. The molecule has 0 saturated carbocycles. The molecule has 0 bridgehead atoms. The quantitative estimate of drug-likeness (QED) is 0.493. The van der Waals surface area contributed by atoms with E-state index in [1.54, 1.807) is 42.2 Å². The maximum Gasteiger partial charge on any atom is 0.322 e. The van der Waals surface area contributed by atoms with Crippen LogP contribution in [0.1, 0.15) is 15.9 Å². The monoisotopic (exact) mass is 533 g/mol. The van der Waals surface area contributed by atoms with Crippen LogP contribution < -0.4 is 16.2 Å². The lowest BCUT2D eigenvalue weighted by Crippen LogP contribution is -2.55. The Morgan fingerprint density at radius 2 is 1.85 bits per heavy atom. The molecule has 12 nitrogen and oxygen atoms in total. The molecule has 2 fully saturated rings. The number of carbonyl (C=O) groups excluding carboxylic acids is 2. The number of rotatable bonds is 6. The van der Waals surface area contributed by atoms with Gasteiger partial charge in [0.25, 0.3) is 11.5 Å². The second kappa shape index (κ2) is 11.2. The van der Waals surface area contributed by atoms with Crippen molar-refractivity contribution in [3.8, 4) is 11.3 Å². The number of methoxy groups -OCH3 is 1. The van der Waals surface area contributed by atoms with E-state index in [-0.39, 0.29) is 29.3 Å². The highest BCUT2D eigenvalue weighted by molar-refractivity contribution is 5.94. The summed E-state index contributed by atoms with van der Waals surface area (Å²) in [6.45, 7) is 5.13. The SMILES string of the molecule is COC1CN(C(=O)Nc2cccc(-c3cc(Nc4ccc(C(=O)N5CCOCC5)cn4)c(=O)n(C)n3)c2C)C1. The number of carbonyl (C=O) groups is 2. The lowest BCUT2D eigenvalue weighted by atomic mass is 10.0. The second-order valence-corrected chi connectivity index (χ2v) is 9.50. The molecule has 0 spiro atoms. The van der Waals surface area contributed by atoms with Gasteiger partial charge >= 0.3 is 6.03 Å². The van der Waals surface area contributed by atoms with Crippen LogP contribution in [0.5, 0.6) is 0 Å². The van der Waals surface area contributed by atoms with Crippen LogP contribution in [0.3, 0.4) is 0 Å². The van der Waals surface area contributed by atoms with Crippen molar-refractivity contribution in [2.75, 3.05) is 57.1 Å². The molecule has 204 valence electrons. The molecule has 39 heavy (non-hydrogen) atoms. The highest BCUT2D eigenvalue weighted by atomic mass is 16.5. The molecule has 1 aromatic carbocycles. The Balaban J connectivity index is 1.34. The van der Waals surface area contributed by atoms with Crippen LogP contribution in [-0.2, 0) is 16.5 Å². The van der Waals surface area contributed by atoms with Gasteiger partial charge in [-0.05, 0) is 36.8 Å². The van der Waals surface area contributed by atoms with Gasteiger partial charge in [-0.3, -0.25) is 9.59 Å². The average Bonchev–Trinajstić information content (AvgIpc) is 2.92. The van der Waals surface area contributed by atoms with Crippen LogP contribution in [-0.4, -0.2) is 89.1 Å². The minimum atomic E-state index is -0.332. The van der Waals surface area contributed by atoms with Gasteiger partial charge in [0.05, 0.1) is 43.7 Å². The summed E-state index contributed by atoms with van der Waals surface area (Å²) in [4.78, 5) is 45.9. The fraction of sp³-hybridized carbons (Fsp3) is 0.370. The van der Waals surface area contributed by atoms with E-state index in [4.69, 9.17) is 9.47 Å². The molecule has 0 atom stereocenters. The van der Waals surface area contributed by atoms with Gasteiger partial charge in [-0.15, -0.1) is 0 Å². The molecule has 0 aliphatic carbocycles. The van der Waals surface area contributed by atoms with Gasteiger partial charge in [0, 0.05) is 44.7 Å². The van der Waals surface area contributed by atoms with Crippen molar-refractivity contribution in [2.24, 2.45) is 7.05 Å². The molecule has 3 aromatic rings. The minimum absolute atomic E-state index is 0.0693. The fourth-order valence-corrected chi connectivity index (χ4v) is 4.51. The number of morpholine rings is 1. The summed E-state index contributed by atoms with van der Waals surface area (Å²) in [5, 5.41) is 10.5. The molecule has 0 unspecified atom stereocenters. The third-order valence-electron chi connectivity index (χ3n) is 6.95. The first-order valence-electron chi connectivity index (χ1n) is 12.7. The third kappa shape index (κ3) is 5.61. The van der Waals surface area contributed by atoms with Gasteiger partial charge in [0.1, 0.15) is 11.5 Å². The van der Waals surface area contributed by atoms with Gasteiger partial charge in [-0.2, -0.15) is 5.10 Å². The maximum absolute atomic E-state index is 12.9. The van der Waals surface area contributed by atoms with Gasteiger partial charge in [-0.25, -0.2) is 14.5 Å². The largest absolute Gasteiger partial charge is 0.378 e. The van der Waals surface area contributed by atoms with E-state index in [0.717, 1.165) is 11.1 Å². The summed E-state index contributed by atoms with van der Waals surface area (Å²) in [5.74, 6) is 0.318. The Morgan fingerprint density at radius 3 is 2.54 bits per heavy atom. The number of nitrogens with one attached hydrogen (secondary N) is 2. The van der Waals surface area contributed by atoms with Gasteiger partial charge in [0.15, 0.2) is 0 Å². The smallest absolute Gasteiger partial charge is 0.322 e. The Hall–Kier alpha value is -4.29. The molecule has 2 aliphatic heterocycles. The summed E-state index contributed by atoms with van der Waals surface area (Å²) in [7, 11) is 3.21. The van der Waals surface area contributed by atoms with E-state index in [2.05, 4.69) is 20.7 Å². The number of aromatic nitrogens is 3. The average molecular weight is 534 g/mol. The normalized spacial score (nSPS) is 15.6. The molecule has 2 aromatic heterocycles. The molecular formula is C27H31N7O5. The van der Waals surface area contributed by atoms with Crippen LogP contribution in [0.2, 0.25) is 0 Å². The van der Waals surface area contributed by atoms with Crippen molar-refractivity contribution in [3.05, 3.63) is 64.1 Å². The third-order valence-corrected chi connectivity index (χ3v) is 6.95. The summed E-state index contributed by atoms with van der Waals surface area (Å²) < 4.78 is 11.8. The van der Waals surface area contributed by atoms with Crippen molar-refractivity contribution < 1.29 is 19.1 Å². The van der Waals surface area contributed by atoms with Crippen molar-refractivity contribution in [1.29, 1.82) is 0 Å². The molecule has 2 aliphatic rings. The van der Waals surface area contributed by atoms with E-state index in [1.165, 1.54) is 10.9 Å². The number of urea groups is 1. The molecule has 4 heterocycles. The zero-order valence-corrected chi connectivity index (χ0v) is 22.1. The number of amides is 3. The molecule has 12 heteroatoms. The number of aryl methyl sites for hydroxylation is 1. The first kappa shape index (κ1) is 26.3. The maximum atomic E-state index is 12.9. The van der Waals surface area contributed by atoms with Gasteiger partial charge in [0.2, 0.25) is 0 Å². The molecule has 5 rings (SSSR count). The lowest BCUT2D eigenvalue weighted by Gasteiger charge is -2.38. The standard InChI is InChI=1S/C27H31N7O5/c1-17-20(5-4-6-21(17)30-27(37)34-15-19(16-34)38-3)22-13-23(26(36)32(2)31-22)29-24-8-7-18(14-28-24)25(35)33-9-11-39-12-10-33/h4-8,13-14,19H,9-12,15-16H2,1-3H3,(H,28,29)(H,30,37). The molecule has 2 saturated heterocycles. The Bertz CT molecular complexity index is 1430. The van der Waals surface area contributed by atoms with Crippen molar-refractivity contribution >= 4 is 29.1 Å². The number of nitrogens with zero attached hydrogens (tertiary/aromatic N) is 5. The van der Waals surface area contributed by atoms with Crippen molar-refractivity contribution in [1.82, 2.24) is 24.6 Å². The number of hydrogen-bond acceptors (Lipinski definition) is 8. The van der Waals surface area contributed by atoms with Gasteiger partial charge in [-0.1, -0.05) is 12.1 Å². The molecule has 0 radical (unpaired) electrons. The minimum Gasteiger partial charge on any atom is -0.378 e. The Labute approximate surface area is 225 Å². The molecule has 3 amide bonds. The Kier molecular flexibility index (Phi) is 7.57. The predicted molar refractivity (Wildman–Crippen MR) is 145 cm³/mol. The summed E-state index contributed by atoms with van der Waals surface area (Å²) in [5.41, 5.74) is 3.21. The lowest BCUT2D eigenvalue weighted by molar-refractivity contribution is -0.00465. The van der Waals surface area contributed by atoms with E-state index >= 15 is 0 Å². The number of benzene rings is 1. The summed E-state index contributed by atoms with van der Waals surface area (Å²) in [6.07, 6.45) is 1.57. The molecule has 2 N–H and O–H groups in total. The van der Waals surface area contributed by atoms with Crippen molar-refractivity contribution in [3.63, 3.8) is 0 Å². The first-order chi connectivity index (χ1) is 18.8. The topological polar surface area (TPSA) is 131 Å². The van der Waals surface area contributed by atoms with Gasteiger partial charge < -0.3 is 29.9 Å². The highest BCUT2D eigenvalue weighted by Crippen LogP contribution is 2.29. The number of ether oxygens (including phenoxy) is 2. The number of pyridine rings is 1. The van der Waals surface area contributed by atoms with E-state index in [0.29, 0.717) is 62.2 Å². The zero-order valence-electron chi connectivity index (χ0n) is 22.1. The Morgan fingerprint density at radius 1 is 1.08 bits per heavy atom. The zero-order chi connectivity index (χ0) is 27.5. The predicted octanol–water partition coefficient (Wildman–Crippen LogP) is 2.23. The van der Waals surface area contributed by atoms with E-state index in [9.17, 15) is 14.4 Å². The fourth-order valence-electron chi connectivity index (χ4n) is 4.51. The van der Waals surface area contributed by atoms with Crippen LogP contribution in [0.25, 0.3) is 11.3 Å². The van der Waals surface area contributed by atoms with Crippen LogP contribution in [0.15, 0.2) is 47.4 Å². The van der Waals surface area contributed by atoms with Crippen LogP contribution in [0, 0.1) is 6.92 Å². The van der Waals surface area contributed by atoms with Crippen LogP contribution in [0.4, 0.5) is 22.0 Å². The summed E-state index contributed by atoms with van der Waals surface area (Å²) in [6, 6.07) is 10.4. The number of likely N-dealkylation sites (tertiary alicyclic amines) is 1. The van der Waals surface area contributed by atoms with Crippen molar-refractivity contribution in [2.45, 2.75) is 13.0 Å². The summed E-state index contributed by atoms with van der Waals surface area (Å²) >= 11 is 0. The number of hydrogen-bond donors (Lipinski definition) is 2. The highest BCUT2D eigenvalue weighted by Gasteiger charge is 2.30. The van der Waals surface area contributed by atoms with E-state index < -0.39 is 0 Å². The first-order valence-corrected chi connectivity index (χ1v) is 12.7. The van der Waals surface area contributed by atoms with Crippen LogP contribution >= 0.6 is 0 Å². The second-order valence-electron chi connectivity index (χ2n) is 9.50. The van der Waals surface area contributed by atoms with E-state index in [1.807, 2.05) is 25.1 Å². The molecular weight excluding hydrogens is 502 g/mol.